The van der Waals surface area contributed by atoms with Crippen LogP contribution in [0.5, 0.6) is 0 Å². The molecule has 1 N–H and O–H groups in total. The molecule has 55 heavy (non-hydrogen) atoms. The Morgan fingerprint density at radius 2 is 1.62 bits per heavy atom. The van der Waals surface area contributed by atoms with Crippen molar-refractivity contribution in [2.24, 2.45) is 11.0 Å². The maximum Gasteiger partial charge on any atom is 0.264 e. The van der Waals surface area contributed by atoms with E-state index in [1.54, 1.807) is 22.7 Å². The van der Waals surface area contributed by atoms with Crippen molar-refractivity contribution < 1.29 is 23.5 Å². The molecule has 1 saturated heterocycles. The Balaban J connectivity index is 1.03. The van der Waals surface area contributed by atoms with Crippen molar-refractivity contribution in [2.75, 3.05) is 16.5 Å². The van der Waals surface area contributed by atoms with Crippen LogP contribution in [-0.2, 0) is 33.0 Å². The molecule has 0 aliphatic carbocycles. The van der Waals surface area contributed by atoms with Gasteiger partial charge in [0.25, 0.3) is 5.91 Å². The second-order valence-corrected chi connectivity index (χ2v) is 19.1. The number of aliphatic hydroxyl groups is 1. The maximum atomic E-state index is 16.4. The van der Waals surface area contributed by atoms with Crippen LogP contribution < -0.4 is 9.91 Å². The van der Waals surface area contributed by atoms with E-state index in [9.17, 15) is 14.7 Å². The second-order valence-electron chi connectivity index (χ2n) is 15.3. The number of nitrogens with zero attached hydrogens (tertiary/aromatic N) is 6. The molecule has 1 fully saturated rings. The van der Waals surface area contributed by atoms with E-state index in [-0.39, 0.29) is 30.9 Å². The summed E-state index contributed by atoms with van der Waals surface area (Å²) < 4.78 is 25.1. The number of hydrogen-bond acceptors (Lipinski definition) is 7. The van der Waals surface area contributed by atoms with E-state index in [4.69, 9.17) is 9.84 Å². The van der Waals surface area contributed by atoms with Gasteiger partial charge >= 0.3 is 0 Å². The zero-order valence-corrected chi connectivity index (χ0v) is 32.3. The molecule has 10 nitrogen and oxygen atoms in total. The Bertz CT molecular complexity index is 2210. The quantitative estimate of drug-likeness (QED) is 0.112. The zero-order valence-electron chi connectivity index (χ0n) is 31.3. The van der Waals surface area contributed by atoms with E-state index < -0.39 is 31.6 Å². The van der Waals surface area contributed by atoms with E-state index in [0.29, 0.717) is 37.2 Å². The number of para-hydroxylation sites is 1. The van der Waals surface area contributed by atoms with Crippen molar-refractivity contribution in [3.63, 3.8) is 0 Å². The maximum absolute atomic E-state index is 16.4. The first-order valence-corrected chi connectivity index (χ1v) is 21.9. The Labute approximate surface area is 321 Å². The van der Waals surface area contributed by atoms with Gasteiger partial charge in [-0.15, -0.1) is 5.10 Å². The normalized spacial score (nSPS) is 23.0. The number of amides is 2. The minimum Gasteiger partial charge on any atom is -0.395 e. The summed E-state index contributed by atoms with van der Waals surface area (Å²) in [6.07, 6.45) is 2.69. The number of aromatic nitrogens is 3. The third kappa shape index (κ3) is 6.72. The van der Waals surface area contributed by atoms with Crippen LogP contribution in [0.15, 0.2) is 120 Å². The predicted octanol–water partition coefficient (Wildman–Crippen LogP) is 7.35. The van der Waals surface area contributed by atoms with Crippen LogP contribution in [0.3, 0.4) is 0 Å². The van der Waals surface area contributed by atoms with E-state index in [2.05, 4.69) is 10.3 Å². The minimum atomic E-state index is -3.36. The molecule has 282 valence electrons. The number of carbonyl (C=O) groups excluding carboxylic acids is 2. The van der Waals surface area contributed by atoms with Gasteiger partial charge in [0.05, 0.1) is 48.0 Å². The zero-order chi connectivity index (χ0) is 38.3. The minimum absolute atomic E-state index is 0.0698. The summed E-state index contributed by atoms with van der Waals surface area (Å²) in [6, 6.07) is 34.8. The highest BCUT2D eigenvalue weighted by molar-refractivity contribution is 6.72. The van der Waals surface area contributed by atoms with E-state index in [1.165, 1.54) is 5.01 Å². The lowest BCUT2D eigenvalue weighted by atomic mass is 9.82. The Morgan fingerprint density at radius 3 is 2.33 bits per heavy atom. The molecule has 12 heteroatoms. The van der Waals surface area contributed by atoms with E-state index in [0.717, 1.165) is 33.7 Å². The van der Waals surface area contributed by atoms with Gasteiger partial charge in [-0.3, -0.25) is 14.3 Å². The first kappa shape index (κ1) is 36.7. The topological polar surface area (TPSA) is 113 Å². The van der Waals surface area contributed by atoms with Crippen molar-refractivity contribution in [2.45, 2.75) is 75.5 Å². The lowest BCUT2D eigenvalue weighted by Gasteiger charge is -2.31. The van der Waals surface area contributed by atoms with Crippen LogP contribution >= 0.6 is 0 Å². The smallest absolute Gasteiger partial charge is 0.264 e. The highest BCUT2D eigenvalue weighted by Gasteiger charge is 2.66. The second kappa shape index (κ2) is 14.7. The summed E-state index contributed by atoms with van der Waals surface area (Å²) >= 11 is 0. The molecule has 1 spiro atoms. The standard InChI is InChI=1S/C43H45FN6O4Si/c1-29-41(55(2,3)44)39(24-25-48-27-37(45-47-48)34(28-51)31-12-6-4-7-13-31)54-43(29)35-16-10-11-17-38(35)49(42(43)53)26-30-18-20-33(21-19-30)50-40(52)23-22-36(46-50)32-14-8-5-9-15-32/h4-21,27,29,34,39,41,51H,22-26,28H2,1-3H3/t29-,34?,39+,41-,43+/m0/s1. The Hall–Kier alpha value is -5.30. The molecular formula is C43H45FN6O4Si. The van der Waals surface area contributed by atoms with Gasteiger partial charge in [0.15, 0.2) is 5.60 Å². The third-order valence-electron chi connectivity index (χ3n) is 11.5. The van der Waals surface area contributed by atoms with Crippen LogP contribution in [0.4, 0.5) is 15.5 Å². The van der Waals surface area contributed by atoms with Crippen molar-refractivity contribution in [1.82, 2.24) is 15.0 Å². The lowest BCUT2D eigenvalue weighted by molar-refractivity contribution is -0.146. The van der Waals surface area contributed by atoms with Gasteiger partial charge in [-0.1, -0.05) is 103 Å². The number of ether oxygens (including phenoxy) is 1. The first-order valence-electron chi connectivity index (χ1n) is 19.0. The van der Waals surface area contributed by atoms with E-state index >= 15 is 4.11 Å². The van der Waals surface area contributed by atoms with Crippen molar-refractivity contribution in [3.8, 4) is 0 Å². The number of aliphatic hydroxyl groups excluding tert-OH is 1. The predicted molar refractivity (Wildman–Crippen MR) is 212 cm³/mol. The molecule has 0 radical (unpaired) electrons. The summed E-state index contributed by atoms with van der Waals surface area (Å²) in [7, 11) is -3.36. The molecule has 8 rings (SSSR count). The highest BCUT2D eigenvalue weighted by atomic mass is 28.4. The Morgan fingerprint density at radius 1 is 0.927 bits per heavy atom. The monoisotopic (exact) mass is 756 g/mol. The largest absolute Gasteiger partial charge is 0.395 e. The summed E-state index contributed by atoms with van der Waals surface area (Å²) in [6.45, 7) is 5.95. The molecule has 5 aromatic rings. The van der Waals surface area contributed by atoms with Gasteiger partial charge in [0, 0.05) is 42.6 Å². The SMILES string of the molecule is C[C@H]1[C@H]([Si](C)(C)F)[C@@H](CCn2cc(C(CO)c3ccccc3)nn2)O[C@]12C(=O)N(Cc1ccc(N3N=C(c4ccccc4)CCC3=O)cc1)c1ccccc12. The Kier molecular flexibility index (Phi) is 9.82. The van der Waals surface area contributed by atoms with Crippen LogP contribution in [0.25, 0.3) is 0 Å². The summed E-state index contributed by atoms with van der Waals surface area (Å²) in [5.41, 5.74) is 4.70. The molecule has 5 atom stereocenters. The van der Waals surface area contributed by atoms with Gasteiger partial charge in [-0.25, -0.2) is 5.01 Å². The highest BCUT2D eigenvalue weighted by Crippen LogP contribution is 2.60. The number of hydrogen-bond donors (Lipinski definition) is 1. The number of aryl methyl sites for hydroxylation is 1. The lowest BCUT2D eigenvalue weighted by Crippen LogP contribution is -2.45. The molecule has 1 aromatic heterocycles. The third-order valence-corrected chi connectivity index (χ3v) is 13.9. The number of halogens is 1. The van der Waals surface area contributed by atoms with Crippen LogP contribution in [-0.4, -0.2) is 58.7 Å². The molecule has 0 saturated carbocycles. The van der Waals surface area contributed by atoms with Crippen LogP contribution in [0, 0.1) is 5.92 Å². The van der Waals surface area contributed by atoms with Gasteiger partial charge in [-0.2, -0.15) is 5.10 Å². The fourth-order valence-electron chi connectivity index (χ4n) is 8.84. The summed E-state index contributed by atoms with van der Waals surface area (Å²) in [4.78, 5) is 29.5. The number of fused-ring (bicyclic) bond motifs is 2. The van der Waals surface area contributed by atoms with Crippen molar-refractivity contribution >= 4 is 37.3 Å². The molecule has 0 bridgehead atoms. The van der Waals surface area contributed by atoms with Crippen LogP contribution in [0.1, 0.15) is 60.1 Å². The molecule has 4 heterocycles. The number of rotatable bonds is 11. The molecular weight excluding hydrogens is 712 g/mol. The number of hydrazone groups is 1. The van der Waals surface area contributed by atoms with Gasteiger partial charge < -0.3 is 18.9 Å². The summed E-state index contributed by atoms with van der Waals surface area (Å²) in [5.74, 6) is -1.00. The molecule has 2 amide bonds. The van der Waals surface area contributed by atoms with Gasteiger partial charge in [0.2, 0.25) is 14.3 Å². The van der Waals surface area contributed by atoms with Crippen molar-refractivity contribution in [3.05, 3.63) is 143 Å². The average molecular weight is 757 g/mol. The molecule has 4 aromatic carbocycles. The fraction of sp³-hybridized carbons (Fsp3) is 0.326. The number of carbonyl (C=O) groups is 2. The van der Waals surface area contributed by atoms with Gasteiger partial charge in [-0.05, 0) is 54.4 Å². The first-order chi connectivity index (χ1) is 26.6. The number of benzene rings is 4. The summed E-state index contributed by atoms with van der Waals surface area (Å²) in [5, 5.41) is 25.0. The van der Waals surface area contributed by atoms with Crippen LogP contribution in [0.2, 0.25) is 18.6 Å². The van der Waals surface area contributed by atoms with E-state index in [1.807, 2.05) is 122 Å². The van der Waals surface area contributed by atoms with Gasteiger partial charge in [0.1, 0.15) is 0 Å². The molecule has 1 unspecified atom stereocenters. The average Bonchev–Trinajstić information content (AvgIpc) is 3.86. The number of anilines is 2. The fourth-order valence-corrected chi connectivity index (χ4v) is 11.4. The molecule has 3 aliphatic rings. The molecule has 3 aliphatic heterocycles. The van der Waals surface area contributed by atoms with Crippen molar-refractivity contribution in [1.29, 1.82) is 0 Å².